The molecule has 2 rings (SSSR count). The third-order valence-corrected chi connectivity index (χ3v) is 4.59. The molecule has 29 heavy (non-hydrogen) atoms. The van der Waals surface area contributed by atoms with Gasteiger partial charge in [0.15, 0.2) is 5.96 Å². The average molecular weight is 513 g/mol. The number of amides is 1. The van der Waals surface area contributed by atoms with E-state index < -0.39 is 0 Å². The van der Waals surface area contributed by atoms with Crippen molar-refractivity contribution < 1.29 is 9.32 Å². The van der Waals surface area contributed by atoms with Crippen molar-refractivity contribution in [1.29, 1.82) is 0 Å². The van der Waals surface area contributed by atoms with Gasteiger partial charge in [-0.3, -0.25) is 9.79 Å². The van der Waals surface area contributed by atoms with Crippen molar-refractivity contribution in [3.8, 4) is 0 Å². The molecule has 0 aliphatic carbocycles. The monoisotopic (exact) mass is 513 g/mol. The summed E-state index contributed by atoms with van der Waals surface area (Å²) in [5, 5.41) is 10.6. The average Bonchev–Trinajstić information content (AvgIpc) is 3.01. The first kappa shape index (κ1) is 24.9. The Morgan fingerprint density at radius 2 is 1.90 bits per heavy atom. The molecule has 0 bridgehead atoms. The Balaban J connectivity index is 0.00000420. The number of nitrogens with one attached hydrogen (secondary N) is 2. The number of hydrogen-bond donors (Lipinski definition) is 2. The maximum Gasteiger partial charge on any atom is 0.253 e. The lowest BCUT2D eigenvalue weighted by Crippen LogP contribution is -2.38. The number of halogens is 1. The molecule has 1 amide bonds. The molecule has 1 heterocycles. The SMILES string of the molecule is CN=C(NCCCc1c(C)noc1C)NCCc1cccc(C(=O)N(C)C)c1.I. The van der Waals surface area contributed by atoms with Crippen LogP contribution in [-0.2, 0) is 12.8 Å². The Hall–Kier alpha value is -2.10. The minimum atomic E-state index is 0. The Labute approximate surface area is 190 Å². The summed E-state index contributed by atoms with van der Waals surface area (Å²) in [6.07, 6.45) is 2.71. The fourth-order valence-electron chi connectivity index (χ4n) is 2.99. The second-order valence-electron chi connectivity index (χ2n) is 6.98. The van der Waals surface area contributed by atoms with E-state index in [4.69, 9.17) is 4.52 Å². The highest BCUT2D eigenvalue weighted by molar-refractivity contribution is 14.0. The summed E-state index contributed by atoms with van der Waals surface area (Å²) in [6.45, 7) is 5.48. The highest BCUT2D eigenvalue weighted by atomic mass is 127. The summed E-state index contributed by atoms with van der Waals surface area (Å²) in [5.74, 6) is 1.69. The van der Waals surface area contributed by atoms with Crippen LogP contribution in [0, 0.1) is 13.8 Å². The van der Waals surface area contributed by atoms with Crippen molar-refractivity contribution in [2.75, 3.05) is 34.2 Å². The van der Waals surface area contributed by atoms with Gasteiger partial charge in [0, 0.05) is 45.4 Å². The van der Waals surface area contributed by atoms with Crippen molar-refractivity contribution in [1.82, 2.24) is 20.7 Å². The van der Waals surface area contributed by atoms with E-state index in [0.717, 1.165) is 55.3 Å². The number of hydrogen-bond acceptors (Lipinski definition) is 4. The van der Waals surface area contributed by atoms with Gasteiger partial charge in [0.25, 0.3) is 5.91 Å². The number of carbonyl (C=O) groups is 1. The zero-order valence-corrected chi connectivity index (χ0v) is 20.2. The van der Waals surface area contributed by atoms with Gasteiger partial charge in [0.1, 0.15) is 5.76 Å². The highest BCUT2D eigenvalue weighted by Gasteiger charge is 2.09. The van der Waals surface area contributed by atoms with Crippen LogP contribution in [-0.4, -0.2) is 56.2 Å². The normalized spacial score (nSPS) is 11.0. The number of carbonyl (C=O) groups excluding carboxylic acids is 1. The summed E-state index contributed by atoms with van der Waals surface area (Å²) in [5.41, 5.74) is 3.99. The summed E-state index contributed by atoms with van der Waals surface area (Å²) < 4.78 is 5.20. The summed E-state index contributed by atoms with van der Waals surface area (Å²) in [7, 11) is 5.29. The number of aromatic nitrogens is 1. The maximum atomic E-state index is 12.1. The van der Waals surface area contributed by atoms with Crippen LogP contribution >= 0.6 is 24.0 Å². The molecule has 0 aliphatic heterocycles. The Bertz CT molecular complexity index is 798. The predicted molar refractivity (Wildman–Crippen MR) is 127 cm³/mol. The minimum absolute atomic E-state index is 0. The minimum Gasteiger partial charge on any atom is -0.361 e. The molecule has 1 aromatic carbocycles. The summed E-state index contributed by atoms with van der Waals surface area (Å²) in [6, 6.07) is 7.75. The largest absolute Gasteiger partial charge is 0.361 e. The van der Waals surface area contributed by atoms with E-state index in [1.807, 2.05) is 38.1 Å². The van der Waals surface area contributed by atoms with Crippen LogP contribution in [0.3, 0.4) is 0 Å². The molecule has 1 aromatic heterocycles. The third-order valence-electron chi connectivity index (χ3n) is 4.59. The first-order valence-corrected chi connectivity index (χ1v) is 9.59. The summed E-state index contributed by atoms with van der Waals surface area (Å²) >= 11 is 0. The van der Waals surface area contributed by atoms with Gasteiger partial charge in [-0.1, -0.05) is 17.3 Å². The molecular weight excluding hydrogens is 481 g/mol. The molecule has 0 atom stereocenters. The first-order chi connectivity index (χ1) is 13.4. The topological polar surface area (TPSA) is 82.8 Å². The number of rotatable bonds is 8. The molecule has 7 nitrogen and oxygen atoms in total. The Kier molecular flexibility index (Phi) is 10.7. The second-order valence-corrected chi connectivity index (χ2v) is 6.98. The molecule has 2 N–H and O–H groups in total. The van der Waals surface area contributed by atoms with Gasteiger partial charge in [0.05, 0.1) is 5.69 Å². The molecule has 0 unspecified atom stereocenters. The van der Waals surface area contributed by atoms with Crippen molar-refractivity contribution in [3.63, 3.8) is 0 Å². The number of aliphatic imine (C=N–C) groups is 1. The van der Waals surface area contributed by atoms with Crippen molar-refractivity contribution in [2.45, 2.75) is 33.1 Å². The van der Waals surface area contributed by atoms with Gasteiger partial charge in [-0.25, -0.2) is 0 Å². The van der Waals surface area contributed by atoms with Crippen molar-refractivity contribution in [2.24, 2.45) is 4.99 Å². The highest BCUT2D eigenvalue weighted by Crippen LogP contribution is 2.13. The molecule has 0 saturated carbocycles. The van der Waals surface area contributed by atoms with E-state index in [2.05, 4.69) is 20.8 Å². The van der Waals surface area contributed by atoms with Gasteiger partial charge >= 0.3 is 0 Å². The molecule has 0 fully saturated rings. The van der Waals surface area contributed by atoms with Crippen molar-refractivity contribution in [3.05, 3.63) is 52.4 Å². The molecule has 160 valence electrons. The fourth-order valence-corrected chi connectivity index (χ4v) is 2.99. The molecule has 0 spiro atoms. The molecule has 8 heteroatoms. The van der Waals surface area contributed by atoms with Gasteiger partial charge < -0.3 is 20.1 Å². The molecule has 0 radical (unpaired) electrons. The van der Waals surface area contributed by atoms with E-state index in [1.165, 1.54) is 5.56 Å². The third kappa shape index (κ3) is 7.68. The number of benzene rings is 1. The predicted octanol–water partition coefficient (Wildman–Crippen LogP) is 2.95. The fraction of sp³-hybridized carbons (Fsp3) is 0.476. The first-order valence-electron chi connectivity index (χ1n) is 9.59. The van der Waals surface area contributed by atoms with E-state index in [1.54, 1.807) is 26.0 Å². The zero-order chi connectivity index (χ0) is 20.5. The standard InChI is InChI=1S/C21H31N5O2.HI/c1-15-19(16(2)28-25-15)10-7-12-23-21(22-3)24-13-11-17-8-6-9-18(14-17)20(27)26(4)5;/h6,8-9,14H,7,10-13H2,1-5H3,(H2,22,23,24);1H. The zero-order valence-electron chi connectivity index (χ0n) is 17.9. The lowest BCUT2D eigenvalue weighted by molar-refractivity contribution is 0.0827. The quantitative estimate of drug-likeness (QED) is 0.246. The second kappa shape index (κ2) is 12.5. The van der Waals surface area contributed by atoms with Crippen LogP contribution in [0.15, 0.2) is 33.8 Å². The van der Waals surface area contributed by atoms with E-state index in [0.29, 0.717) is 5.56 Å². The summed E-state index contributed by atoms with van der Waals surface area (Å²) in [4.78, 5) is 17.9. The van der Waals surface area contributed by atoms with Crippen LogP contribution in [0.5, 0.6) is 0 Å². The molecular formula is C21H32IN5O2. The van der Waals surface area contributed by atoms with Gasteiger partial charge in [-0.15, -0.1) is 24.0 Å². The van der Waals surface area contributed by atoms with Crippen LogP contribution in [0.1, 0.15) is 39.4 Å². The Morgan fingerprint density at radius 3 is 2.52 bits per heavy atom. The van der Waals surface area contributed by atoms with E-state index >= 15 is 0 Å². The smallest absolute Gasteiger partial charge is 0.253 e. The number of nitrogens with zero attached hydrogens (tertiary/aromatic N) is 3. The van der Waals surface area contributed by atoms with Crippen LogP contribution in [0.2, 0.25) is 0 Å². The van der Waals surface area contributed by atoms with E-state index in [9.17, 15) is 4.79 Å². The van der Waals surface area contributed by atoms with E-state index in [-0.39, 0.29) is 29.9 Å². The van der Waals surface area contributed by atoms with Crippen LogP contribution < -0.4 is 10.6 Å². The molecule has 0 aliphatic rings. The van der Waals surface area contributed by atoms with Crippen LogP contribution in [0.25, 0.3) is 0 Å². The van der Waals surface area contributed by atoms with Gasteiger partial charge in [0.2, 0.25) is 0 Å². The lowest BCUT2D eigenvalue weighted by atomic mass is 10.1. The number of guanidine groups is 1. The van der Waals surface area contributed by atoms with Crippen molar-refractivity contribution >= 4 is 35.8 Å². The van der Waals surface area contributed by atoms with Gasteiger partial charge in [-0.2, -0.15) is 0 Å². The molecule has 0 saturated heterocycles. The Morgan fingerprint density at radius 1 is 1.17 bits per heavy atom. The number of aryl methyl sites for hydroxylation is 2. The van der Waals surface area contributed by atoms with Crippen LogP contribution in [0.4, 0.5) is 0 Å². The molecule has 2 aromatic rings. The lowest BCUT2D eigenvalue weighted by Gasteiger charge is -2.13. The van der Waals surface area contributed by atoms with Gasteiger partial charge in [-0.05, 0) is 50.8 Å². The maximum absolute atomic E-state index is 12.1.